The fraction of sp³-hybridized carbons (Fsp3) is 0.400. The number of likely N-dealkylation sites (N-methyl/N-ethyl adjacent to an activating group) is 1. The van der Waals surface area contributed by atoms with Crippen LogP contribution in [0.25, 0.3) is 10.7 Å². The Bertz CT molecular complexity index is 783. The van der Waals surface area contributed by atoms with Crippen molar-refractivity contribution in [2.45, 2.75) is 40.7 Å². The first-order chi connectivity index (χ1) is 12.9. The highest BCUT2D eigenvalue weighted by Gasteiger charge is 2.20. The number of hydrogen-bond donors (Lipinski definition) is 2. The molecule has 0 saturated carbocycles. The Balaban J connectivity index is 0.00000176. The van der Waals surface area contributed by atoms with Crippen LogP contribution in [0.15, 0.2) is 30.3 Å². The Hall–Kier alpha value is -2.47. The number of nitrogen functional groups attached to an aromatic ring is 1. The number of aryl methyl sites for hydroxylation is 1. The number of nitrogens with zero attached hydrogens (tertiary/aromatic N) is 3. The van der Waals surface area contributed by atoms with Crippen LogP contribution >= 0.6 is 11.6 Å². The molecule has 2 rings (SSSR count). The van der Waals surface area contributed by atoms with Gasteiger partial charge in [0.05, 0.1) is 22.0 Å². The van der Waals surface area contributed by atoms with Gasteiger partial charge in [0.15, 0.2) is 0 Å². The van der Waals surface area contributed by atoms with Crippen LogP contribution in [0.4, 0.5) is 5.82 Å². The molecule has 2 aromatic rings. The molecule has 1 aromatic heterocycles. The van der Waals surface area contributed by atoms with E-state index in [1.54, 1.807) is 18.9 Å². The number of carbonyl (C=O) groups excluding carboxylic acids is 1. The Kier molecular flexibility index (Phi) is 8.88. The topological polar surface area (TPSA) is 90.2 Å². The lowest BCUT2D eigenvalue weighted by Crippen LogP contribution is -2.31. The summed E-state index contributed by atoms with van der Waals surface area (Å²) >= 11 is 6.49. The molecule has 1 amide bonds. The van der Waals surface area contributed by atoms with Gasteiger partial charge in [0.2, 0.25) is 5.91 Å². The number of nitrogens with two attached hydrogens (primary N) is 2. The summed E-state index contributed by atoms with van der Waals surface area (Å²) < 4.78 is 1.47. The second-order valence-electron chi connectivity index (χ2n) is 5.91. The molecule has 0 bridgehead atoms. The molecule has 0 spiro atoms. The summed E-state index contributed by atoms with van der Waals surface area (Å²) in [7, 11) is 1.76. The predicted molar refractivity (Wildman–Crippen MR) is 114 cm³/mol. The smallest absolute Gasteiger partial charge is 0.244 e. The molecule has 148 valence electrons. The molecule has 0 fully saturated rings. The first kappa shape index (κ1) is 22.6. The van der Waals surface area contributed by atoms with Crippen molar-refractivity contribution in [1.29, 1.82) is 0 Å². The van der Waals surface area contributed by atoms with E-state index in [-0.39, 0.29) is 12.5 Å². The van der Waals surface area contributed by atoms with Crippen LogP contribution in [0.1, 0.15) is 44.0 Å². The maximum absolute atomic E-state index is 12.2. The first-order valence-corrected chi connectivity index (χ1v) is 9.52. The number of amides is 1. The van der Waals surface area contributed by atoms with Gasteiger partial charge in [0.25, 0.3) is 0 Å². The summed E-state index contributed by atoms with van der Waals surface area (Å²) in [6.07, 6.45) is 0.892. The zero-order valence-corrected chi connectivity index (χ0v) is 17.5. The molecule has 0 radical (unpaired) electrons. The maximum Gasteiger partial charge on any atom is 0.244 e. The van der Waals surface area contributed by atoms with Crippen molar-refractivity contribution in [3.63, 3.8) is 0 Å². The van der Waals surface area contributed by atoms with Crippen LogP contribution < -0.4 is 11.5 Å². The number of carbonyl (C=O) groups is 1. The molecule has 0 aliphatic heterocycles. The Morgan fingerprint density at radius 1 is 1.26 bits per heavy atom. The van der Waals surface area contributed by atoms with E-state index in [0.29, 0.717) is 34.3 Å². The largest absolute Gasteiger partial charge is 0.397 e. The predicted octanol–water partition coefficient (Wildman–Crippen LogP) is 3.69. The Labute approximate surface area is 166 Å². The van der Waals surface area contributed by atoms with Crippen LogP contribution in [0.5, 0.6) is 0 Å². The van der Waals surface area contributed by atoms with E-state index >= 15 is 0 Å². The highest BCUT2D eigenvalue weighted by Crippen LogP contribution is 2.32. The van der Waals surface area contributed by atoms with Gasteiger partial charge in [-0.05, 0) is 18.9 Å². The van der Waals surface area contributed by atoms with E-state index in [2.05, 4.69) is 5.10 Å². The minimum Gasteiger partial charge on any atom is -0.397 e. The fourth-order valence-electron chi connectivity index (χ4n) is 2.58. The second kappa shape index (κ2) is 10.6. The van der Waals surface area contributed by atoms with Gasteiger partial charge in [-0.3, -0.25) is 4.79 Å². The van der Waals surface area contributed by atoms with Crippen molar-refractivity contribution in [1.82, 2.24) is 14.7 Å². The number of aromatic nitrogens is 2. The molecule has 0 saturated heterocycles. The molecule has 1 aromatic carbocycles. The van der Waals surface area contributed by atoms with Gasteiger partial charge in [-0.1, -0.05) is 62.7 Å². The maximum atomic E-state index is 12.2. The van der Waals surface area contributed by atoms with Crippen LogP contribution in [-0.2, 0) is 11.3 Å². The van der Waals surface area contributed by atoms with Crippen molar-refractivity contribution in [3.05, 3.63) is 47.2 Å². The minimum absolute atomic E-state index is 0.0567. The zero-order valence-electron chi connectivity index (χ0n) is 16.8. The van der Waals surface area contributed by atoms with Crippen molar-refractivity contribution < 1.29 is 4.79 Å². The molecule has 1 heterocycles. The SMILES string of the molecule is CC.CCCN(C)C(=O)Cn1nc(C)c(/C(Cl)=C(\N)c2ccccc2)c1N. The van der Waals surface area contributed by atoms with E-state index in [1.807, 2.05) is 51.1 Å². The van der Waals surface area contributed by atoms with Gasteiger partial charge < -0.3 is 16.4 Å². The minimum atomic E-state index is -0.0567. The standard InChI is InChI=1S/C18H24ClN5O.C2H6/c1-4-10-23(3)14(25)11-24-18(21)15(12(2)22-24)16(19)17(20)13-8-6-5-7-9-13;1-2/h5-9H,4,10-11,20-21H2,1-3H3;1-2H3/b17-16+;. The molecule has 0 aliphatic rings. The lowest BCUT2D eigenvalue weighted by Gasteiger charge is -2.16. The molecule has 0 aliphatic carbocycles. The lowest BCUT2D eigenvalue weighted by atomic mass is 10.1. The van der Waals surface area contributed by atoms with Gasteiger partial charge in [-0.15, -0.1) is 0 Å². The molecule has 6 nitrogen and oxygen atoms in total. The van der Waals surface area contributed by atoms with E-state index in [1.165, 1.54) is 4.68 Å². The first-order valence-electron chi connectivity index (χ1n) is 9.14. The fourth-order valence-corrected chi connectivity index (χ4v) is 2.92. The van der Waals surface area contributed by atoms with Gasteiger partial charge in [-0.25, -0.2) is 4.68 Å². The van der Waals surface area contributed by atoms with Crippen molar-refractivity contribution >= 4 is 34.1 Å². The van der Waals surface area contributed by atoms with Crippen LogP contribution in [0, 0.1) is 6.92 Å². The Morgan fingerprint density at radius 3 is 2.41 bits per heavy atom. The number of rotatable bonds is 6. The van der Waals surface area contributed by atoms with Crippen LogP contribution in [0.2, 0.25) is 0 Å². The number of hydrogen-bond acceptors (Lipinski definition) is 4. The third-order valence-corrected chi connectivity index (χ3v) is 4.37. The molecule has 0 atom stereocenters. The monoisotopic (exact) mass is 391 g/mol. The van der Waals surface area contributed by atoms with Gasteiger partial charge in [0, 0.05) is 13.6 Å². The highest BCUT2D eigenvalue weighted by atomic mass is 35.5. The van der Waals surface area contributed by atoms with Crippen molar-refractivity contribution in [2.75, 3.05) is 19.3 Å². The summed E-state index contributed by atoms with van der Waals surface area (Å²) in [6.45, 7) is 8.57. The summed E-state index contributed by atoms with van der Waals surface area (Å²) in [6, 6.07) is 9.41. The molecule has 27 heavy (non-hydrogen) atoms. The van der Waals surface area contributed by atoms with Crippen molar-refractivity contribution in [2.24, 2.45) is 5.73 Å². The van der Waals surface area contributed by atoms with E-state index < -0.39 is 0 Å². The molecule has 7 heteroatoms. The number of halogens is 1. The van der Waals surface area contributed by atoms with Crippen LogP contribution in [0.3, 0.4) is 0 Å². The average molecular weight is 392 g/mol. The third-order valence-electron chi connectivity index (χ3n) is 3.98. The lowest BCUT2D eigenvalue weighted by molar-refractivity contribution is -0.130. The molecule has 0 unspecified atom stereocenters. The van der Waals surface area contributed by atoms with Gasteiger partial charge in [0.1, 0.15) is 12.4 Å². The molecule has 4 N–H and O–H groups in total. The van der Waals surface area contributed by atoms with E-state index in [0.717, 1.165) is 12.0 Å². The number of benzene rings is 1. The average Bonchev–Trinajstić information content (AvgIpc) is 2.96. The highest BCUT2D eigenvalue weighted by molar-refractivity contribution is 6.53. The summed E-state index contributed by atoms with van der Waals surface area (Å²) in [5.41, 5.74) is 14.8. The molecular weight excluding hydrogens is 362 g/mol. The summed E-state index contributed by atoms with van der Waals surface area (Å²) in [5.74, 6) is 0.276. The van der Waals surface area contributed by atoms with Gasteiger partial charge >= 0.3 is 0 Å². The third kappa shape index (κ3) is 5.50. The zero-order chi connectivity index (χ0) is 20.6. The second-order valence-corrected chi connectivity index (χ2v) is 6.29. The summed E-state index contributed by atoms with van der Waals surface area (Å²) in [5, 5.41) is 4.69. The Morgan fingerprint density at radius 2 is 1.85 bits per heavy atom. The van der Waals surface area contributed by atoms with E-state index in [4.69, 9.17) is 23.1 Å². The van der Waals surface area contributed by atoms with Gasteiger partial charge in [-0.2, -0.15) is 5.10 Å². The normalized spacial score (nSPS) is 11.3. The number of anilines is 1. The van der Waals surface area contributed by atoms with E-state index in [9.17, 15) is 4.79 Å². The molecular formula is C20H30ClN5O. The quantitative estimate of drug-likeness (QED) is 0.785. The van der Waals surface area contributed by atoms with Crippen molar-refractivity contribution in [3.8, 4) is 0 Å². The van der Waals surface area contributed by atoms with Crippen LogP contribution in [-0.4, -0.2) is 34.2 Å². The summed E-state index contributed by atoms with van der Waals surface area (Å²) in [4.78, 5) is 13.9.